The van der Waals surface area contributed by atoms with Crippen LogP contribution in [0.2, 0.25) is 0 Å². The summed E-state index contributed by atoms with van der Waals surface area (Å²) in [7, 11) is 0. The van der Waals surface area contributed by atoms with Crippen LogP contribution in [0.3, 0.4) is 0 Å². The molecular formula is C11H23N3O2S. The molecular weight excluding hydrogens is 238 g/mol. The quantitative estimate of drug-likeness (QED) is 0.467. The first-order chi connectivity index (χ1) is 7.70. The van der Waals surface area contributed by atoms with Crippen molar-refractivity contribution in [2.45, 2.75) is 38.5 Å². The molecule has 0 aromatic heterocycles. The number of aliphatic imine (C=N–C) groups is 1. The summed E-state index contributed by atoms with van der Waals surface area (Å²) in [5.41, 5.74) is 10.2. The molecule has 0 aromatic rings. The lowest BCUT2D eigenvalue weighted by Crippen LogP contribution is -2.55. The maximum atomic E-state index is 11.2. The molecule has 0 spiro atoms. The van der Waals surface area contributed by atoms with E-state index in [4.69, 9.17) is 16.6 Å². The van der Waals surface area contributed by atoms with Gasteiger partial charge in [0.05, 0.1) is 12.4 Å². The van der Waals surface area contributed by atoms with Crippen LogP contribution in [0.1, 0.15) is 27.7 Å². The average molecular weight is 261 g/mol. The van der Waals surface area contributed by atoms with Crippen molar-refractivity contribution in [1.29, 1.82) is 0 Å². The molecule has 0 radical (unpaired) electrons. The summed E-state index contributed by atoms with van der Waals surface area (Å²) in [4.78, 5) is 15.3. The second-order valence-electron chi connectivity index (χ2n) is 4.60. The van der Waals surface area contributed by atoms with Crippen LogP contribution in [0.4, 0.5) is 0 Å². The van der Waals surface area contributed by atoms with Crippen molar-refractivity contribution in [2.24, 2.45) is 22.4 Å². The van der Waals surface area contributed by atoms with Gasteiger partial charge in [0.1, 0.15) is 5.54 Å². The van der Waals surface area contributed by atoms with Crippen LogP contribution in [0.25, 0.3) is 0 Å². The number of thioether (sulfide) groups is 1. The molecule has 0 rings (SSSR count). The van der Waals surface area contributed by atoms with Gasteiger partial charge in [0.25, 0.3) is 0 Å². The molecule has 0 aliphatic carbocycles. The largest absolute Gasteiger partial charge is 0.480 e. The molecule has 0 aliphatic rings. The zero-order valence-corrected chi connectivity index (χ0v) is 11.8. The van der Waals surface area contributed by atoms with Crippen molar-refractivity contribution in [2.75, 3.05) is 12.3 Å². The second-order valence-corrected chi connectivity index (χ2v) is 6.03. The fourth-order valence-corrected chi connectivity index (χ4v) is 2.28. The van der Waals surface area contributed by atoms with E-state index in [2.05, 4.69) is 4.99 Å². The minimum atomic E-state index is -1.18. The van der Waals surface area contributed by atoms with E-state index >= 15 is 0 Å². The molecule has 0 aromatic carbocycles. The number of amidine groups is 1. The summed E-state index contributed by atoms with van der Waals surface area (Å²) in [6.45, 7) is 7.94. The molecule has 0 bridgehead atoms. The van der Waals surface area contributed by atoms with E-state index in [0.717, 1.165) is 0 Å². The summed E-state index contributed by atoms with van der Waals surface area (Å²) in [5, 5.41) is 9.35. The molecule has 0 aliphatic heterocycles. The maximum absolute atomic E-state index is 11.2. The Morgan fingerprint density at radius 2 is 2.00 bits per heavy atom. The molecule has 0 saturated heterocycles. The Balaban J connectivity index is 4.33. The molecule has 0 fully saturated rings. The van der Waals surface area contributed by atoms with Crippen LogP contribution in [-0.4, -0.2) is 40.0 Å². The third-order valence-electron chi connectivity index (χ3n) is 2.63. The Kier molecular flexibility index (Phi) is 6.56. The first-order valence-electron chi connectivity index (χ1n) is 5.60. The minimum absolute atomic E-state index is 0.112. The van der Waals surface area contributed by atoms with Gasteiger partial charge in [0, 0.05) is 11.0 Å². The normalized spacial score (nSPS) is 17.9. The number of rotatable bonds is 7. The predicted octanol–water partition coefficient (Wildman–Crippen LogP) is 0.923. The van der Waals surface area contributed by atoms with Gasteiger partial charge in [-0.1, -0.05) is 20.8 Å². The molecule has 0 heterocycles. The maximum Gasteiger partial charge on any atom is 0.324 e. The average Bonchev–Trinajstić information content (AvgIpc) is 2.22. The zero-order chi connectivity index (χ0) is 13.6. The van der Waals surface area contributed by atoms with Crippen molar-refractivity contribution in [3.63, 3.8) is 0 Å². The number of aliphatic carboxylic acids is 1. The fourth-order valence-electron chi connectivity index (χ4n) is 1.08. The third kappa shape index (κ3) is 5.41. The number of carboxylic acid groups (broad SMARTS) is 1. The topological polar surface area (TPSA) is 102 Å². The molecule has 0 amide bonds. The number of nitrogens with two attached hydrogens (primary N) is 2. The summed E-state index contributed by atoms with van der Waals surface area (Å²) in [5.74, 6) is -0.149. The van der Waals surface area contributed by atoms with Crippen molar-refractivity contribution < 1.29 is 9.90 Å². The van der Waals surface area contributed by atoms with Crippen LogP contribution in [0, 0.1) is 5.92 Å². The van der Waals surface area contributed by atoms with E-state index in [-0.39, 0.29) is 11.2 Å². The smallest absolute Gasteiger partial charge is 0.324 e. The van der Waals surface area contributed by atoms with Gasteiger partial charge < -0.3 is 16.6 Å². The molecule has 100 valence electrons. The minimum Gasteiger partial charge on any atom is -0.480 e. The first-order valence-corrected chi connectivity index (χ1v) is 6.65. The highest BCUT2D eigenvalue weighted by molar-refractivity contribution is 8.00. The number of hydrogen-bond donors (Lipinski definition) is 3. The lowest BCUT2D eigenvalue weighted by atomic mass is 9.90. The van der Waals surface area contributed by atoms with Crippen molar-refractivity contribution >= 4 is 23.6 Å². The van der Waals surface area contributed by atoms with Crippen molar-refractivity contribution in [3.05, 3.63) is 0 Å². The van der Waals surface area contributed by atoms with Gasteiger partial charge in [-0.15, -0.1) is 0 Å². The second kappa shape index (κ2) is 6.86. The number of hydrogen-bond acceptors (Lipinski definition) is 4. The van der Waals surface area contributed by atoms with E-state index in [0.29, 0.717) is 18.1 Å². The standard InChI is InChI=1S/C11H23N3O2S/c1-7(2)11(13,10(15)16)6-17-8(3)5-14-9(4)12/h7-8H,5-6,13H2,1-4H3,(H2,12,14)(H,15,16)/t8-,11+/m1/s1. The van der Waals surface area contributed by atoms with E-state index in [1.165, 1.54) is 11.8 Å². The van der Waals surface area contributed by atoms with Crippen LogP contribution >= 0.6 is 11.8 Å². The highest BCUT2D eigenvalue weighted by Gasteiger charge is 2.37. The van der Waals surface area contributed by atoms with E-state index in [1.807, 2.05) is 20.8 Å². The van der Waals surface area contributed by atoms with Crippen LogP contribution in [0.5, 0.6) is 0 Å². The Bertz CT molecular complexity index is 290. The highest BCUT2D eigenvalue weighted by atomic mass is 32.2. The van der Waals surface area contributed by atoms with E-state index < -0.39 is 11.5 Å². The van der Waals surface area contributed by atoms with Crippen molar-refractivity contribution in [1.82, 2.24) is 0 Å². The zero-order valence-electron chi connectivity index (χ0n) is 10.9. The first kappa shape index (κ1) is 16.2. The molecule has 5 nitrogen and oxygen atoms in total. The Labute approximate surface area is 107 Å². The number of carbonyl (C=O) groups is 1. The van der Waals surface area contributed by atoms with Gasteiger partial charge in [-0.2, -0.15) is 11.8 Å². The van der Waals surface area contributed by atoms with Gasteiger partial charge >= 0.3 is 5.97 Å². The Hall–Kier alpha value is -0.750. The summed E-state index contributed by atoms with van der Waals surface area (Å²) >= 11 is 1.51. The van der Waals surface area contributed by atoms with E-state index in [9.17, 15) is 4.79 Å². The lowest BCUT2D eigenvalue weighted by molar-refractivity contribution is -0.144. The lowest BCUT2D eigenvalue weighted by Gasteiger charge is -2.29. The van der Waals surface area contributed by atoms with Gasteiger partial charge in [-0.05, 0) is 12.8 Å². The molecule has 5 N–H and O–H groups in total. The summed E-state index contributed by atoms with van der Waals surface area (Å²) in [6, 6.07) is 0. The Morgan fingerprint density at radius 3 is 2.35 bits per heavy atom. The van der Waals surface area contributed by atoms with Gasteiger partial charge in [-0.25, -0.2) is 0 Å². The molecule has 0 saturated carbocycles. The molecule has 2 atom stereocenters. The van der Waals surface area contributed by atoms with Crippen molar-refractivity contribution in [3.8, 4) is 0 Å². The third-order valence-corrected chi connectivity index (χ3v) is 4.00. The fraction of sp³-hybridized carbons (Fsp3) is 0.818. The van der Waals surface area contributed by atoms with Crippen LogP contribution in [-0.2, 0) is 4.79 Å². The SMILES string of the molecule is CC(N)=NC[C@@H](C)SC[C@@](N)(C(=O)O)C(C)C. The highest BCUT2D eigenvalue weighted by Crippen LogP contribution is 2.23. The van der Waals surface area contributed by atoms with Gasteiger partial charge in [0.2, 0.25) is 0 Å². The van der Waals surface area contributed by atoms with E-state index in [1.54, 1.807) is 6.92 Å². The van der Waals surface area contributed by atoms with Crippen LogP contribution in [0.15, 0.2) is 4.99 Å². The predicted molar refractivity (Wildman–Crippen MR) is 73.5 cm³/mol. The van der Waals surface area contributed by atoms with Gasteiger partial charge in [0.15, 0.2) is 0 Å². The molecule has 6 heteroatoms. The number of carboxylic acids is 1. The summed E-state index contributed by atoms with van der Waals surface area (Å²) < 4.78 is 0. The number of nitrogens with zero attached hydrogens (tertiary/aromatic N) is 1. The summed E-state index contributed by atoms with van der Waals surface area (Å²) in [6.07, 6.45) is 0. The molecule has 17 heavy (non-hydrogen) atoms. The van der Waals surface area contributed by atoms with Gasteiger partial charge in [-0.3, -0.25) is 9.79 Å². The van der Waals surface area contributed by atoms with Crippen LogP contribution < -0.4 is 11.5 Å². The molecule has 0 unspecified atom stereocenters. The Morgan fingerprint density at radius 1 is 1.47 bits per heavy atom. The monoisotopic (exact) mass is 261 g/mol.